The molecule has 0 atom stereocenters. The van der Waals surface area contributed by atoms with Crippen molar-refractivity contribution in [1.29, 1.82) is 0 Å². The summed E-state index contributed by atoms with van der Waals surface area (Å²) in [6.45, 7) is 4.56. The quantitative estimate of drug-likeness (QED) is 0.347. The molecule has 2 heterocycles. The number of aromatic nitrogens is 1. The zero-order valence-electron chi connectivity index (χ0n) is 16.1. The molecule has 4 rings (SSSR count). The van der Waals surface area contributed by atoms with Gasteiger partial charge in [0.25, 0.3) is 0 Å². The average Bonchev–Trinajstić information content (AvgIpc) is 2.75. The van der Waals surface area contributed by atoms with E-state index in [9.17, 15) is 0 Å². The lowest BCUT2D eigenvalue weighted by molar-refractivity contribution is 0.371. The van der Waals surface area contributed by atoms with Crippen molar-refractivity contribution in [2.24, 2.45) is 4.99 Å². The number of aliphatic imine (C=N–C) groups is 1. The van der Waals surface area contributed by atoms with E-state index in [0.29, 0.717) is 0 Å². The maximum absolute atomic E-state index is 4.48. The minimum Gasteiger partial charge on any atom is -0.353 e. The average molecular weight is 487 g/mol. The number of nitrogens with zero attached hydrogens (tertiary/aromatic N) is 4. The molecular formula is C22H26IN5. The summed E-state index contributed by atoms with van der Waals surface area (Å²) >= 11 is 0. The molecule has 0 amide bonds. The number of nitrogens with one attached hydrogen (secondary N) is 1. The molecule has 1 aromatic heterocycles. The van der Waals surface area contributed by atoms with E-state index < -0.39 is 0 Å². The summed E-state index contributed by atoms with van der Waals surface area (Å²) in [5.41, 5.74) is 1.27. The van der Waals surface area contributed by atoms with Crippen molar-refractivity contribution in [2.45, 2.75) is 6.54 Å². The van der Waals surface area contributed by atoms with Crippen LogP contribution >= 0.6 is 24.0 Å². The van der Waals surface area contributed by atoms with E-state index in [1.165, 1.54) is 16.3 Å². The van der Waals surface area contributed by atoms with Crippen molar-refractivity contribution in [3.63, 3.8) is 0 Å². The van der Waals surface area contributed by atoms with Crippen LogP contribution in [-0.2, 0) is 6.54 Å². The smallest absolute Gasteiger partial charge is 0.194 e. The molecule has 1 aliphatic heterocycles. The molecule has 0 radical (unpaired) electrons. The first-order valence-corrected chi connectivity index (χ1v) is 9.43. The third-order valence-corrected chi connectivity index (χ3v) is 5.03. The Morgan fingerprint density at radius 1 is 0.964 bits per heavy atom. The number of fused-ring (bicyclic) bond motifs is 1. The first kappa shape index (κ1) is 20.4. The number of guanidine groups is 1. The molecule has 1 N–H and O–H groups in total. The zero-order valence-corrected chi connectivity index (χ0v) is 18.4. The van der Waals surface area contributed by atoms with Crippen LogP contribution in [0.5, 0.6) is 0 Å². The Morgan fingerprint density at radius 2 is 1.71 bits per heavy atom. The first-order chi connectivity index (χ1) is 13.3. The molecule has 0 bridgehead atoms. The minimum absolute atomic E-state index is 0. The number of benzene rings is 2. The number of hydrogen-bond donors (Lipinski definition) is 1. The Labute approximate surface area is 183 Å². The molecule has 28 heavy (non-hydrogen) atoms. The highest BCUT2D eigenvalue weighted by Crippen LogP contribution is 2.16. The summed E-state index contributed by atoms with van der Waals surface area (Å²) in [6, 6.07) is 21.1. The highest BCUT2D eigenvalue weighted by Gasteiger charge is 2.20. The molecule has 0 saturated carbocycles. The molecule has 0 spiro atoms. The third kappa shape index (κ3) is 4.73. The van der Waals surface area contributed by atoms with E-state index in [0.717, 1.165) is 44.5 Å². The molecule has 2 aromatic carbocycles. The number of pyridine rings is 1. The van der Waals surface area contributed by atoms with E-state index in [4.69, 9.17) is 0 Å². The normalized spacial score (nSPS) is 14.7. The maximum Gasteiger partial charge on any atom is 0.194 e. The fraction of sp³-hybridized carbons (Fsp3) is 0.273. The second kappa shape index (κ2) is 9.73. The van der Waals surface area contributed by atoms with Crippen LogP contribution in [0, 0.1) is 0 Å². The van der Waals surface area contributed by atoms with Crippen molar-refractivity contribution in [2.75, 3.05) is 38.1 Å². The molecule has 5 nitrogen and oxygen atoms in total. The number of anilines is 1. The summed E-state index contributed by atoms with van der Waals surface area (Å²) < 4.78 is 0. The van der Waals surface area contributed by atoms with Crippen LogP contribution in [0.3, 0.4) is 0 Å². The van der Waals surface area contributed by atoms with Gasteiger partial charge in [0.1, 0.15) is 5.82 Å². The topological polar surface area (TPSA) is 43.8 Å². The molecule has 6 heteroatoms. The second-order valence-corrected chi connectivity index (χ2v) is 6.74. The van der Waals surface area contributed by atoms with Gasteiger partial charge in [-0.2, -0.15) is 0 Å². The van der Waals surface area contributed by atoms with Gasteiger partial charge in [-0.3, -0.25) is 4.99 Å². The highest BCUT2D eigenvalue weighted by atomic mass is 127. The van der Waals surface area contributed by atoms with Crippen LogP contribution in [0.2, 0.25) is 0 Å². The van der Waals surface area contributed by atoms with Gasteiger partial charge in [-0.05, 0) is 34.5 Å². The molecule has 0 aliphatic carbocycles. The Bertz CT molecular complexity index is 920. The summed E-state index contributed by atoms with van der Waals surface area (Å²) in [6.07, 6.45) is 1.85. The van der Waals surface area contributed by atoms with Crippen molar-refractivity contribution in [3.05, 3.63) is 72.4 Å². The number of piperazine rings is 1. The van der Waals surface area contributed by atoms with E-state index in [1.807, 2.05) is 25.4 Å². The van der Waals surface area contributed by atoms with Crippen LogP contribution in [0.25, 0.3) is 10.8 Å². The van der Waals surface area contributed by atoms with Gasteiger partial charge in [-0.15, -0.1) is 24.0 Å². The summed E-state index contributed by atoms with van der Waals surface area (Å²) in [5, 5.41) is 6.06. The monoisotopic (exact) mass is 487 g/mol. The van der Waals surface area contributed by atoms with Gasteiger partial charge in [0, 0.05) is 46.0 Å². The fourth-order valence-corrected chi connectivity index (χ4v) is 3.55. The van der Waals surface area contributed by atoms with Crippen molar-refractivity contribution in [3.8, 4) is 0 Å². The Morgan fingerprint density at radius 3 is 2.43 bits per heavy atom. The third-order valence-electron chi connectivity index (χ3n) is 5.03. The standard InChI is InChI=1S/C22H25N5.HI/c1-23-22(25-17-18-9-10-19-6-2-3-7-20(19)16-18)27-14-12-26(13-15-27)21-8-4-5-11-24-21;/h2-11,16H,12-15,17H2,1H3,(H,23,25);1H. The van der Waals surface area contributed by atoms with Crippen LogP contribution in [0.1, 0.15) is 5.56 Å². The molecule has 1 aliphatic rings. The highest BCUT2D eigenvalue weighted by molar-refractivity contribution is 14.0. The Hall–Kier alpha value is -2.35. The summed E-state index contributed by atoms with van der Waals surface area (Å²) in [5.74, 6) is 2.01. The molecular weight excluding hydrogens is 461 g/mol. The van der Waals surface area contributed by atoms with E-state index in [-0.39, 0.29) is 24.0 Å². The molecule has 3 aromatic rings. The fourth-order valence-electron chi connectivity index (χ4n) is 3.55. The van der Waals surface area contributed by atoms with E-state index in [1.54, 1.807) is 0 Å². The number of halogens is 1. The molecule has 1 fully saturated rings. The van der Waals surface area contributed by atoms with Crippen LogP contribution in [0.15, 0.2) is 71.9 Å². The van der Waals surface area contributed by atoms with Gasteiger partial charge in [-0.1, -0.05) is 42.5 Å². The minimum atomic E-state index is 0. The molecule has 1 saturated heterocycles. The lowest BCUT2D eigenvalue weighted by Crippen LogP contribution is -2.52. The predicted octanol–water partition coefficient (Wildman–Crippen LogP) is 3.75. The second-order valence-electron chi connectivity index (χ2n) is 6.74. The van der Waals surface area contributed by atoms with Crippen molar-refractivity contribution < 1.29 is 0 Å². The van der Waals surface area contributed by atoms with E-state index >= 15 is 0 Å². The molecule has 0 unspecified atom stereocenters. The zero-order chi connectivity index (χ0) is 18.5. The van der Waals surface area contributed by atoms with Gasteiger partial charge < -0.3 is 15.1 Å². The lowest BCUT2D eigenvalue weighted by Gasteiger charge is -2.37. The largest absolute Gasteiger partial charge is 0.353 e. The number of hydrogen-bond acceptors (Lipinski definition) is 3. The maximum atomic E-state index is 4.48. The van der Waals surface area contributed by atoms with Gasteiger partial charge in [0.15, 0.2) is 5.96 Å². The van der Waals surface area contributed by atoms with Crippen LogP contribution in [-0.4, -0.2) is 49.1 Å². The van der Waals surface area contributed by atoms with Crippen molar-refractivity contribution >= 4 is 46.5 Å². The lowest BCUT2D eigenvalue weighted by atomic mass is 10.1. The van der Waals surface area contributed by atoms with Crippen LogP contribution in [0.4, 0.5) is 5.82 Å². The van der Waals surface area contributed by atoms with Gasteiger partial charge >= 0.3 is 0 Å². The SMILES string of the molecule is CN=C(NCc1ccc2ccccc2c1)N1CCN(c2ccccn2)CC1.I. The first-order valence-electron chi connectivity index (χ1n) is 9.43. The van der Waals surface area contributed by atoms with Crippen molar-refractivity contribution in [1.82, 2.24) is 15.2 Å². The van der Waals surface area contributed by atoms with Gasteiger partial charge in [0.05, 0.1) is 0 Å². The summed E-state index contributed by atoms with van der Waals surface area (Å²) in [4.78, 5) is 13.6. The van der Waals surface area contributed by atoms with E-state index in [2.05, 4.69) is 73.6 Å². The molecule has 146 valence electrons. The van der Waals surface area contributed by atoms with Crippen LogP contribution < -0.4 is 10.2 Å². The van der Waals surface area contributed by atoms with Gasteiger partial charge in [0.2, 0.25) is 0 Å². The van der Waals surface area contributed by atoms with Gasteiger partial charge in [-0.25, -0.2) is 4.98 Å². The predicted molar refractivity (Wildman–Crippen MR) is 128 cm³/mol. The summed E-state index contributed by atoms with van der Waals surface area (Å²) in [7, 11) is 1.86. The Kier molecular flexibility index (Phi) is 7.08. The Balaban J connectivity index is 0.00000225. The number of rotatable bonds is 3.